The number of rotatable bonds is 5. The number of nitrogens with zero attached hydrogens (tertiary/aromatic N) is 3. The number of aryl methyl sites for hydroxylation is 1. The summed E-state index contributed by atoms with van der Waals surface area (Å²) in [5.41, 5.74) is 5.23. The lowest BCUT2D eigenvalue weighted by Crippen LogP contribution is -2.20. The predicted octanol–water partition coefficient (Wildman–Crippen LogP) is 6.63. The van der Waals surface area contributed by atoms with Crippen LogP contribution in [0.25, 0.3) is 21.3 Å². The van der Waals surface area contributed by atoms with E-state index in [0.717, 1.165) is 70.6 Å². The van der Waals surface area contributed by atoms with Gasteiger partial charge in [-0.25, -0.2) is 0 Å². The summed E-state index contributed by atoms with van der Waals surface area (Å²) in [6.07, 6.45) is 7.29. The van der Waals surface area contributed by atoms with Crippen molar-refractivity contribution < 1.29 is 19.5 Å². The third-order valence-electron chi connectivity index (χ3n) is 8.07. The molecule has 2 saturated carbocycles. The first-order valence-electron chi connectivity index (χ1n) is 13.5. The van der Waals surface area contributed by atoms with Gasteiger partial charge in [0.05, 0.1) is 16.3 Å². The van der Waals surface area contributed by atoms with Crippen LogP contribution in [0.4, 0.5) is 5.69 Å². The minimum Gasteiger partial charge on any atom is -0.400 e. The van der Waals surface area contributed by atoms with Crippen LogP contribution in [0.1, 0.15) is 65.4 Å². The molecule has 2 N–H and O–H groups in total. The number of carbonyl (C=O) groups excluding carboxylic acids is 1. The molecule has 3 fully saturated rings. The molecule has 2 aromatic carbocycles. The number of aromatic nitrogens is 2. The number of hydrogen-bond acceptors (Lipinski definition) is 8. The number of anilines is 1. The largest absolute Gasteiger partial charge is 0.400 e. The summed E-state index contributed by atoms with van der Waals surface area (Å²) in [6, 6.07) is 12.1. The van der Waals surface area contributed by atoms with Gasteiger partial charge in [-0.3, -0.25) is 4.79 Å². The van der Waals surface area contributed by atoms with Gasteiger partial charge in [0.25, 0.3) is 0 Å². The van der Waals surface area contributed by atoms with Crippen molar-refractivity contribution in [3.8, 4) is 11.3 Å². The fourth-order valence-electron chi connectivity index (χ4n) is 5.94. The first kappa shape index (κ1) is 27.8. The van der Waals surface area contributed by atoms with Crippen LogP contribution >= 0.6 is 23.1 Å². The molecule has 0 unspecified atom stereocenters. The first-order valence-corrected chi connectivity index (χ1v) is 14.6. The molecule has 1 saturated heterocycles. The van der Waals surface area contributed by atoms with Crippen molar-refractivity contribution in [3.05, 3.63) is 64.0 Å². The molecule has 0 spiro atoms. The molecular formula is C30H34ClN3O4S. The molecule has 9 heteroatoms. The number of carbonyl (C=O) groups is 1. The SMILES string of the molecule is CO.Cc1cccc(Cl)c1-c1noc(C2CC2)c1CO.O=Cc1nsc2cc(N3C[C@H]4CCC[C@H]4C3)ccc12. The van der Waals surface area contributed by atoms with Gasteiger partial charge in [-0.05, 0) is 85.8 Å². The highest BCUT2D eigenvalue weighted by Gasteiger charge is 2.36. The number of hydrogen-bond donors (Lipinski definition) is 2. The fourth-order valence-corrected chi connectivity index (χ4v) is 7.04. The third-order valence-corrected chi connectivity index (χ3v) is 9.21. The lowest BCUT2D eigenvalue weighted by molar-refractivity contribution is 0.112. The minimum atomic E-state index is -0.0602. The smallest absolute Gasteiger partial charge is 0.170 e. The van der Waals surface area contributed by atoms with Crippen molar-refractivity contribution in [2.24, 2.45) is 11.8 Å². The monoisotopic (exact) mass is 567 g/mol. The van der Waals surface area contributed by atoms with E-state index in [-0.39, 0.29) is 6.61 Å². The Labute approximate surface area is 237 Å². The Morgan fingerprint density at radius 3 is 2.51 bits per heavy atom. The molecule has 7 rings (SSSR count). The second-order valence-corrected chi connectivity index (χ2v) is 11.7. The first-order chi connectivity index (χ1) is 19.1. The van der Waals surface area contributed by atoms with Crippen LogP contribution in [0.5, 0.6) is 0 Å². The van der Waals surface area contributed by atoms with E-state index in [4.69, 9.17) is 21.2 Å². The van der Waals surface area contributed by atoms with E-state index in [1.165, 1.54) is 49.6 Å². The number of aliphatic hydroxyl groups is 2. The Morgan fingerprint density at radius 2 is 1.87 bits per heavy atom. The highest BCUT2D eigenvalue weighted by molar-refractivity contribution is 7.13. The molecule has 0 bridgehead atoms. The van der Waals surface area contributed by atoms with Crippen molar-refractivity contribution in [1.82, 2.24) is 9.53 Å². The lowest BCUT2D eigenvalue weighted by atomic mass is 10.0. The summed E-state index contributed by atoms with van der Waals surface area (Å²) in [6.45, 7) is 4.33. The fraction of sp³-hybridized carbons (Fsp3) is 0.433. The van der Waals surface area contributed by atoms with Crippen molar-refractivity contribution >= 4 is 45.2 Å². The second-order valence-electron chi connectivity index (χ2n) is 10.5. The van der Waals surface area contributed by atoms with Gasteiger partial charge in [0.15, 0.2) is 6.29 Å². The maximum atomic E-state index is 10.9. The molecule has 1 aliphatic heterocycles. The van der Waals surface area contributed by atoms with Gasteiger partial charge < -0.3 is 19.6 Å². The molecule has 7 nitrogen and oxygen atoms in total. The Bertz CT molecular complexity index is 1420. The van der Waals surface area contributed by atoms with Gasteiger partial charge in [0.1, 0.15) is 17.1 Å². The number of aldehydes is 1. The highest BCUT2D eigenvalue weighted by Crippen LogP contribution is 2.45. The van der Waals surface area contributed by atoms with E-state index in [2.05, 4.69) is 26.6 Å². The van der Waals surface area contributed by atoms with E-state index < -0.39 is 0 Å². The van der Waals surface area contributed by atoms with Crippen LogP contribution in [0.3, 0.4) is 0 Å². The summed E-state index contributed by atoms with van der Waals surface area (Å²) in [7, 11) is 1.00. The zero-order valence-corrected chi connectivity index (χ0v) is 23.8. The Balaban J connectivity index is 0.000000149. The normalized spacial score (nSPS) is 19.8. The van der Waals surface area contributed by atoms with Crippen LogP contribution < -0.4 is 4.90 Å². The average Bonchev–Trinajstić information content (AvgIpc) is 3.27. The van der Waals surface area contributed by atoms with Gasteiger partial charge in [0.2, 0.25) is 0 Å². The Kier molecular flexibility index (Phi) is 8.67. The molecule has 206 valence electrons. The lowest BCUT2D eigenvalue weighted by Gasteiger charge is -2.19. The zero-order chi connectivity index (χ0) is 27.5. The number of benzene rings is 2. The average molecular weight is 568 g/mol. The van der Waals surface area contributed by atoms with Crippen molar-refractivity contribution in [2.75, 3.05) is 25.1 Å². The van der Waals surface area contributed by atoms with Crippen LogP contribution in [0, 0.1) is 18.8 Å². The highest BCUT2D eigenvalue weighted by atomic mass is 35.5. The molecule has 2 atom stereocenters. The molecule has 2 aromatic heterocycles. The molecule has 3 aliphatic rings. The van der Waals surface area contributed by atoms with Crippen LogP contribution in [0.2, 0.25) is 5.02 Å². The minimum absolute atomic E-state index is 0.0602. The number of halogens is 1. The Morgan fingerprint density at radius 1 is 1.13 bits per heavy atom. The number of fused-ring (bicyclic) bond motifs is 2. The molecule has 0 amide bonds. The molecule has 3 heterocycles. The van der Waals surface area contributed by atoms with Crippen molar-refractivity contribution in [3.63, 3.8) is 0 Å². The van der Waals surface area contributed by atoms with Gasteiger partial charge >= 0.3 is 0 Å². The second kappa shape index (κ2) is 12.2. The molecule has 4 aromatic rings. The molecular weight excluding hydrogens is 534 g/mol. The van der Waals surface area contributed by atoms with Gasteiger partial charge in [-0.1, -0.05) is 35.3 Å². The standard InChI is InChI=1S/C15H16N2OS.C14H14ClNO2.CH4O/c18-9-14-13-5-4-12(6-15(13)19-16-14)17-7-10-2-1-3-11(10)8-17;1-8-3-2-4-11(15)12(8)13-10(7-17)14(18-16-13)9-5-6-9;1-2/h4-6,9-11H,1-3,7-8H2;2-4,9,17H,5-7H2,1H3;2H,1H3/t10-,11+;;. The topological polar surface area (TPSA) is 99.7 Å². The van der Waals surface area contributed by atoms with Crippen molar-refractivity contribution in [2.45, 2.75) is 51.6 Å². The van der Waals surface area contributed by atoms with E-state index in [1.54, 1.807) is 0 Å². The number of aliphatic hydroxyl groups excluding tert-OH is 2. The van der Waals surface area contributed by atoms with Crippen LogP contribution in [-0.4, -0.2) is 46.2 Å². The summed E-state index contributed by atoms with van der Waals surface area (Å²) in [4.78, 5) is 13.4. The van der Waals surface area contributed by atoms with E-state index in [0.29, 0.717) is 22.3 Å². The van der Waals surface area contributed by atoms with Gasteiger partial charge in [-0.15, -0.1) is 0 Å². The molecule has 39 heavy (non-hydrogen) atoms. The summed E-state index contributed by atoms with van der Waals surface area (Å²) >= 11 is 7.66. The van der Waals surface area contributed by atoms with Crippen molar-refractivity contribution in [1.29, 1.82) is 0 Å². The maximum absolute atomic E-state index is 10.9. The van der Waals surface area contributed by atoms with E-state index >= 15 is 0 Å². The Hall–Kier alpha value is -2.78. The maximum Gasteiger partial charge on any atom is 0.170 e. The summed E-state index contributed by atoms with van der Waals surface area (Å²) in [5, 5.41) is 22.3. The van der Waals surface area contributed by atoms with E-state index in [9.17, 15) is 9.90 Å². The van der Waals surface area contributed by atoms with E-state index in [1.807, 2.05) is 31.2 Å². The zero-order valence-electron chi connectivity index (χ0n) is 22.3. The van der Waals surface area contributed by atoms with Gasteiger partial charge in [-0.2, -0.15) is 4.37 Å². The van der Waals surface area contributed by atoms with Crippen LogP contribution in [0.15, 0.2) is 40.9 Å². The molecule has 2 aliphatic carbocycles. The third kappa shape index (κ3) is 5.61. The quantitative estimate of drug-likeness (QED) is 0.261. The van der Waals surface area contributed by atoms with Gasteiger partial charge in [0, 0.05) is 48.3 Å². The summed E-state index contributed by atoms with van der Waals surface area (Å²) < 4.78 is 10.7. The van der Waals surface area contributed by atoms with Crippen LogP contribution in [-0.2, 0) is 6.61 Å². The summed E-state index contributed by atoms with van der Waals surface area (Å²) in [5.74, 6) is 3.06. The predicted molar refractivity (Wildman–Crippen MR) is 156 cm³/mol. The molecule has 0 radical (unpaired) electrons.